The number of H-pyrrole nitrogens is 1. The van der Waals surface area contributed by atoms with E-state index in [0.717, 1.165) is 49.5 Å². The molecule has 3 heterocycles. The molecule has 152 valence electrons. The van der Waals surface area contributed by atoms with Gasteiger partial charge in [0.15, 0.2) is 5.69 Å². The molecule has 1 aliphatic rings. The van der Waals surface area contributed by atoms with E-state index in [0.29, 0.717) is 5.69 Å². The predicted molar refractivity (Wildman–Crippen MR) is 118 cm³/mol. The third kappa shape index (κ3) is 4.77. The summed E-state index contributed by atoms with van der Waals surface area (Å²) in [7, 11) is 1.91. The van der Waals surface area contributed by atoms with Crippen molar-refractivity contribution in [1.82, 2.24) is 20.0 Å². The lowest BCUT2D eigenvalue weighted by Gasteiger charge is -2.37. The van der Waals surface area contributed by atoms with Crippen molar-refractivity contribution in [2.24, 2.45) is 0 Å². The molecule has 4 rings (SSSR count). The Morgan fingerprint density at radius 2 is 2.10 bits per heavy atom. The molecule has 1 amide bonds. The number of likely N-dealkylation sites (tertiary alicyclic amines) is 1. The number of nitrogens with zero attached hydrogens (tertiary/aromatic N) is 3. The first-order chi connectivity index (χ1) is 14.1. The molecule has 1 unspecified atom stereocenters. The van der Waals surface area contributed by atoms with Crippen molar-refractivity contribution in [2.75, 3.05) is 26.7 Å². The van der Waals surface area contributed by atoms with E-state index in [4.69, 9.17) is 0 Å². The van der Waals surface area contributed by atoms with E-state index < -0.39 is 0 Å². The number of aromatic amines is 1. The molecule has 6 heteroatoms. The van der Waals surface area contributed by atoms with Crippen LogP contribution in [0, 0.1) is 6.92 Å². The molecule has 0 aliphatic carbocycles. The van der Waals surface area contributed by atoms with Gasteiger partial charge in [0.05, 0.1) is 10.6 Å². The van der Waals surface area contributed by atoms with Gasteiger partial charge in [-0.1, -0.05) is 30.3 Å². The largest absolute Gasteiger partial charge is 0.336 e. The van der Waals surface area contributed by atoms with Crippen LogP contribution in [-0.2, 0) is 6.42 Å². The quantitative estimate of drug-likeness (QED) is 0.664. The lowest BCUT2D eigenvalue weighted by molar-refractivity contribution is 0.0613. The SMILES string of the molecule is Cc1ccc(-c2cc(C(=O)N(C)C3CCCN(CCc4ccccc4)C3)n[nH]2)s1. The lowest BCUT2D eigenvalue weighted by Crippen LogP contribution is -2.49. The van der Waals surface area contributed by atoms with Gasteiger partial charge in [-0.3, -0.25) is 9.89 Å². The first-order valence-corrected chi connectivity index (χ1v) is 11.1. The van der Waals surface area contributed by atoms with Gasteiger partial charge in [0.2, 0.25) is 0 Å². The lowest BCUT2D eigenvalue weighted by atomic mass is 10.0. The molecule has 29 heavy (non-hydrogen) atoms. The van der Waals surface area contributed by atoms with E-state index in [1.807, 2.05) is 18.0 Å². The van der Waals surface area contributed by atoms with E-state index in [1.165, 1.54) is 10.4 Å². The third-order valence-corrected chi connectivity index (χ3v) is 6.75. The number of carbonyl (C=O) groups is 1. The molecule has 5 nitrogen and oxygen atoms in total. The van der Waals surface area contributed by atoms with E-state index in [-0.39, 0.29) is 11.9 Å². The number of hydrogen-bond acceptors (Lipinski definition) is 4. The number of nitrogens with one attached hydrogen (secondary N) is 1. The average Bonchev–Trinajstić information content (AvgIpc) is 3.41. The molecule has 1 saturated heterocycles. The predicted octanol–water partition coefficient (Wildman–Crippen LogP) is 4.23. The Kier molecular flexibility index (Phi) is 6.11. The van der Waals surface area contributed by atoms with Crippen molar-refractivity contribution in [3.8, 4) is 10.6 Å². The zero-order valence-corrected chi connectivity index (χ0v) is 17.9. The van der Waals surface area contributed by atoms with Crippen molar-refractivity contribution >= 4 is 17.2 Å². The zero-order valence-electron chi connectivity index (χ0n) is 17.1. The molecule has 1 N–H and O–H groups in total. The molecule has 1 aromatic carbocycles. The first kappa shape index (κ1) is 19.9. The van der Waals surface area contributed by atoms with Gasteiger partial charge >= 0.3 is 0 Å². The van der Waals surface area contributed by atoms with Crippen LogP contribution in [0.1, 0.15) is 33.8 Å². The normalized spacial score (nSPS) is 17.4. The number of carbonyl (C=O) groups excluding carboxylic acids is 1. The number of piperidine rings is 1. The maximum absolute atomic E-state index is 13.0. The summed E-state index contributed by atoms with van der Waals surface area (Å²) < 4.78 is 0. The summed E-state index contributed by atoms with van der Waals surface area (Å²) in [6.45, 7) is 5.15. The Morgan fingerprint density at radius 3 is 2.86 bits per heavy atom. The number of aryl methyl sites for hydroxylation is 1. The van der Waals surface area contributed by atoms with Crippen LogP contribution in [0.4, 0.5) is 0 Å². The van der Waals surface area contributed by atoms with Gasteiger partial charge in [-0.15, -0.1) is 11.3 Å². The van der Waals surface area contributed by atoms with Crippen LogP contribution in [-0.4, -0.2) is 58.6 Å². The van der Waals surface area contributed by atoms with Crippen LogP contribution in [0.2, 0.25) is 0 Å². The summed E-state index contributed by atoms with van der Waals surface area (Å²) in [5.74, 6) is -0.00399. The van der Waals surface area contributed by atoms with Crippen LogP contribution in [0.5, 0.6) is 0 Å². The second-order valence-electron chi connectivity index (χ2n) is 7.83. The average molecular weight is 409 g/mol. The molecule has 1 fully saturated rings. The highest BCUT2D eigenvalue weighted by molar-refractivity contribution is 7.15. The fraction of sp³-hybridized carbons (Fsp3) is 0.391. The minimum atomic E-state index is -0.00399. The van der Waals surface area contributed by atoms with Crippen LogP contribution >= 0.6 is 11.3 Å². The van der Waals surface area contributed by atoms with Crippen LogP contribution < -0.4 is 0 Å². The van der Waals surface area contributed by atoms with Crippen molar-refractivity contribution in [2.45, 2.75) is 32.2 Å². The number of benzene rings is 1. The number of amides is 1. The molecule has 0 bridgehead atoms. The monoisotopic (exact) mass is 408 g/mol. The van der Waals surface area contributed by atoms with Gasteiger partial charge in [-0.05, 0) is 56.5 Å². The van der Waals surface area contributed by atoms with Gasteiger partial charge in [-0.25, -0.2) is 0 Å². The van der Waals surface area contributed by atoms with Crippen molar-refractivity contribution in [3.05, 3.63) is 64.7 Å². The Morgan fingerprint density at radius 1 is 1.28 bits per heavy atom. The van der Waals surface area contributed by atoms with Crippen LogP contribution in [0.15, 0.2) is 48.5 Å². The van der Waals surface area contributed by atoms with Gasteiger partial charge in [0, 0.05) is 31.1 Å². The molecular formula is C23H28N4OS. The van der Waals surface area contributed by atoms with Crippen LogP contribution in [0.3, 0.4) is 0 Å². The Hall–Kier alpha value is -2.44. The highest BCUT2D eigenvalue weighted by atomic mass is 32.1. The molecular weight excluding hydrogens is 380 g/mol. The topological polar surface area (TPSA) is 52.2 Å². The van der Waals surface area contributed by atoms with E-state index in [1.54, 1.807) is 11.3 Å². The molecule has 2 aromatic heterocycles. The summed E-state index contributed by atoms with van der Waals surface area (Å²) in [4.78, 5) is 19.7. The van der Waals surface area contributed by atoms with Crippen molar-refractivity contribution in [1.29, 1.82) is 0 Å². The smallest absolute Gasteiger partial charge is 0.274 e. The Balaban J connectivity index is 1.36. The molecule has 3 aromatic rings. The number of hydrogen-bond donors (Lipinski definition) is 1. The summed E-state index contributed by atoms with van der Waals surface area (Å²) in [5.41, 5.74) is 2.77. The van der Waals surface area contributed by atoms with E-state index in [2.05, 4.69) is 64.5 Å². The molecule has 1 atom stereocenters. The van der Waals surface area contributed by atoms with Crippen LogP contribution in [0.25, 0.3) is 10.6 Å². The zero-order chi connectivity index (χ0) is 20.2. The highest BCUT2D eigenvalue weighted by Crippen LogP contribution is 2.27. The summed E-state index contributed by atoms with van der Waals surface area (Å²) >= 11 is 1.70. The molecule has 0 radical (unpaired) electrons. The van der Waals surface area contributed by atoms with Crippen molar-refractivity contribution < 1.29 is 4.79 Å². The number of likely N-dealkylation sites (N-methyl/N-ethyl adjacent to an activating group) is 1. The minimum Gasteiger partial charge on any atom is -0.336 e. The second kappa shape index (κ2) is 8.93. The van der Waals surface area contributed by atoms with Gasteiger partial charge in [0.1, 0.15) is 0 Å². The Labute approximate surface area is 176 Å². The summed E-state index contributed by atoms with van der Waals surface area (Å²) in [6.07, 6.45) is 3.22. The van der Waals surface area contributed by atoms with Gasteiger partial charge < -0.3 is 9.80 Å². The maximum atomic E-state index is 13.0. The van der Waals surface area contributed by atoms with Gasteiger partial charge in [-0.2, -0.15) is 5.10 Å². The van der Waals surface area contributed by atoms with Gasteiger partial charge in [0.25, 0.3) is 5.91 Å². The van der Waals surface area contributed by atoms with Crippen molar-refractivity contribution in [3.63, 3.8) is 0 Å². The molecule has 0 saturated carbocycles. The summed E-state index contributed by atoms with van der Waals surface area (Å²) in [5, 5.41) is 7.31. The first-order valence-electron chi connectivity index (χ1n) is 10.3. The number of aromatic nitrogens is 2. The fourth-order valence-corrected chi connectivity index (χ4v) is 4.80. The minimum absolute atomic E-state index is 0.00399. The second-order valence-corrected chi connectivity index (χ2v) is 9.11. The Bertz CT molecular complexity index is 949. The summed E-state index contributed by atoms with van der Waals surface area (Å²) in [6, 6.07) is 16.9. The fourth-order valence-electron chi connectivity index (χ4n) is 3.97. The number of rotatable bonds is 6. The highest BCUT2D eigenvalue weighted by Gasteiger charge is 2.27. The molecule has 0 spiro atoms. The number of thiophene rings is 1. The standard InChI is InChI=1S/C23H28N4OS/c1-17-10-11-22(29-17)20-15-21(25-24-20)23(28)26(2)19-9-6-13-27(16-19)14-12-18-7-4-3-5-8-18/h3-5,7-8,10-11,15,19H,6,9,12-14,16H2,1-2H3,(H,24,25). The maximum Gasteiger partial charge on any atom is 0.274 e. The van der Waals surface area contributed by atoms with E-state index >= 15 is 0 Å². The third-order valence-electron chi connectivity index (χ3n) is 5.71. The molecule has 1 aliphatic heterocycles. The van der Waals surface area contributed by atoms with E-state index in [9.17, 15) is 4.79 Å².